The minimum atomic E-state index is -0.313. The van der Waals surface area contributed by atoms with Crippen LogP contribution in [-0.2, 0) is 0 Å². The number of fused-ring (bicyclic) bond motifs is 1. The molecule has 0 aliphatic rings. The molecular weight excluding hydrogens is 196 g/mol. The van der Waals surface area contributed by atoms with Gasteiger partial charge >= 0.3 is 0 Å². The summed E-state index contributed by atoms with van der Waals surface area (Å²) in [5, 5.41) is 11.6. The fraction of sp³-hybridized carbons (Fsp3) is 0. The van der Waals surface area contributed by atoms with Gasteiger partial charge in [-0.2, -0.15) is 0 Å². The minimum absolute atomic E-state index is 0.0520. The molecule has 1 aromatic carbocycles. The molecule has 5 heteroatoms. The van der Waals surface area contributed by atoms with E-state index in [-0.39, 0.29) is 16.8 Å². The van der Waals surface area contributed by atoms with Gasteiger partial charge in [0.2, 0.25) is 5.43 Å². The van der Waals surface area contributed by atoms with E-state index in [1.165, 1.54) is 6.26 Å². The second kappa shape index (κ2) is 3.45. The predicted molar refractivity (Wildman–Crippen MR) is 55.0 cm³/mol. The molecule has 0 amide bonds. The Kier molecular flexibility index (Phi) is 2.13. The van der Waals surface area contributed by atoms with Crippen molar-refractivity contribution in [2.45, 2.75) is 0 Å². The Labute approximate surface area is 84.4 Å². The molecule has 0 fully saturated rings. The predicted octanol–water partition coefficient (Wildman–Crippen LogP) is 0.887. The van der Waals surface area contributed by atoms with Crippen molar-refractivity contribution in [2.75, 3.05) is 0 Å². The lowest BCUT2D eigenvalue weighted by atomic mass is 10.1. The van der Waals surface area contributed by atoms with Crippen molar-refractivity contribution in [3.8, 4) is 0 Å². The van der Waals surface area contributed by atoms with Gasteiger partial charge in [0.05, 0.1) is 5.39 Å². The van der Waals surface area contributed by atoms with Crippen LogP contribution in [0.25, 0.3) is 11.0 Å². The van der Waals surface area contributed by atoms with Gasteiger partial charge in [-0.3, -0.25) is 4.79 Å². The quantitative estimate of drug-likeness (QED) is 0.312. The third-order valence-electron chi connectivity index (χ3n) is 2.06. The molecule has 0 saturated carbocycles. The van der Waals surface area contributed by atoms with Crippen molar-refractivity contribution in [1.29, 1.82) is 0 Å². The molecule has 1 heterocycles. The molecule has 3 N–H and O–H groups in total. The molecule has 5 nitrogen and oxygen atoms in total. The Balaban J connectivity index is 2.82. The van der Waals surface area contributed by atoms with E-state index in [9.17, 15) is 4.79 Å². The molecule has 0 saturated heterocycles. The Hall–Kier alpha value is -2.30. The van der Waals surface area contributed by atoms with Crippen molar-refractivity contribution < 1.29 is 9.62 Å². The molecule has 0 radical (unpaired) electrons. The van der Waals surface area contributed by atoms with Crippen LogP contribution >= 0.6 is 0 Å². The van der Waals surface area contributed by atoms with E-state index in [0.717, 1.165) is 0 Å². The second-order valence-corrected chi connectivity index (χ2v) is 2.96. The molecule has 0 bridgehead atoms. The molecule has 0 spiro atoms. The number of rotatable bonds is 1. The molecule has 0 unspecified atom stereocenters. The van der Waals surface area contributed by atoms with Crippen molar-refractivity contribution in [3.63, 3.8) is 0 Å². The monoisotopic (exact) mass is 204 g/mol. The fourth-order valence-corrected chi connectivity index (χ4v) is 1.31. The van der Waals surface area contributed by atoms with Crippen LogP contribution < -0.4 is 11.2 Å². The second-order valence-electron chi connectivity index (χ2n) is 2.96. The maximum absolute atomic E-state index is 11.8. The Morgan fingerprint density at radius 3 is 2.87 bits per heavy atom. The third kappa shape index (κ3) is 1.43. The van der Waals surface area contributed by atoms with Gasteiger partial charge in [-0.25, -0.2) is 0 Å². The van der Waals surface area contributed by atoms with Crippen molar-refractivity contribution in [2.24, 2.45) is 10.9 Å². The van der Waals surface area contributed by atoms with Crippen LogP contribution in [0.3, 0.4) is 0 Å². The first kappa shape index (κ1) is 9.26. The Morgan fingerprint density at radius 1 is 1.40 bits per heavy atom. The summed E-state index contributed by atoms with van der Waals surface area (Å²) in [6, 6.07) is 6.77. The van der Waals surface area contributed by atoms with E-state index < -0.39 is 0 Å². The van der Waals surface area contributed by atoms with Gasteiger partial charge in [0.25, 0.3) is 0 Å². The van der Waals surface area contributed by atoms with Crippen LogP contribution in [0.5, 0.6) is 0 Å². The number of para-hydroxylation sites is 1. The summed E-state index contributed by atoms with van der Waals surface area (Å²) < 4.78 is 5.17. The van der Waals surface area contributed by atoms with Gasteiger partial charge in [0.15, 0.2) is 5.84 Å². The topological polar surface area (TPSA) is 88.8 Å². The first-order chi connectivity index (χ1) is 7.24. The maximum atomic E-state index is 11.8. The average Bonchev–Trinajstić information content (AvgIpc) is 2.29. The zero-order chi connectivity index (χ0) is 10.8. The highest BCUT2D eigenvalue weighted by atomic mass is 16.4. The van der Waals surface area contributed by atoms with Crippen LogP contribution in [0.15, 0.2) is 44.9 Å². The van der Waals surface area contributed by atoms with E-state index in [4.69, 9.17) is 15.4 Å². The normalized spacial score (nSPS) is 11.9. The lowest BCUT2D eigenvalue weighted by molar-refractivity contribution is 0.318. The van der Waals surface area contributed by atoms with Crippen molar-refractivity contribution >= 4 is 16.8 Å². The summed E-state index contributed by atoms with van der Waals surface area (Å²) in [5.41, 5.74) is 5.53. The van der Waals surface area contributed by atoms with Crippen LogP contribution in [0, 0.1) is 0 Å². The number of nitrogens with zero attached hydrogens (tertiary/aromatic N) is 1. The molecule has 76 valence electrons. The highest BCUT2D eigenvalue weighted by molar-refractivity contribution is 5.98. The summed E-state index contributed by atoms with van der Waals surface area (Å²) in [4.78, 5) is 11.8. The summed E-state index contributed by atoms with van der Waals surface area (Å²) in [6.07, 6.45) is 1.18. The van der Waals surface area contributed by atoms with E-state index in [1.807, 2.05) is 0 Å². The van der Waals surface area contributed by atoms with Gasteiger partial charge in [-0.1, -0.05) is 17.3 Å². The summed E-state index contributed by atoms with van der Waals surface area (Å²) in [7, 11) is 0. The van der Waals surface area contributed by atoms with Crippen LogP contribution in [0.2, 0.25) is 0 Å². The average molecular weight is 204 g/mol. The summed E-state index contributed by atoms with van der Waals surface area (Å²) in [5.74, 6) is -0.255. The smallest absolute Gasteiger partial charge is 0.203 e. The third-order valence-corrected chi connectivity index (χ3v) is 2.06. The first-order valence-corrected chi connectivity index (χ1v) is 4.22. The molecular formula is C10H8N2O3. The fourth-order valence-electron chi connectivity index (χ4n) is 1.31. The number of benzene rings is 1. The van der Waals surface area contributed by atoms with E-state index in [0.29, 0.717) is 11.0 Å². The number of hydrogen-bond acceptors (Lipinski definition) is 4. The molecule has 1 aromatic heterocycles. The van der Waals surface area contributed by atoms with Gasteiger partial charge < -0.3 is 15.4 Å². The molecule has 0 aliphatic carbocycles. The molecule has 0 atom stereocenters. The van der Waals surface area contributed by atoms with Gasteiger partial charge in [-0.15, -0.1) is 0 Å². The van der Waals surface area contributed by atoms with E-state index in [2.05, 4.69) is 5.16 Å². The van der Waals surface area contributed by atoms with Crippen LogP contribution in [0.4, 0.5) is 0 Å². The largest absolute Gasteiger partial charge is 0.463 e. The first-order valence-electron chi connectivity index (χ1n) is 4.22. The Bertz CT molecular complexity index is 586. The molecule has 0 aliphatic heterocycles. The van der Waals surface area contributed by atoms with Gasteiger partial charge in [-0.05, 0) is 12.1 Å². The highest BCUT2D eigenvalue weighted by Crippen LogP contribution is 2.09. The standard InChI is InChI=1S/C10H8N2O3/c11-10(12-14)7-5-15-8-4-2-1-3-6(8)9(7)13/h1-5,14H,(H2,11,12). The van der Waals surface area contributed by atoms with Crippen LogP contribution in [0.1, 0.15) is 5.56 Å². The zero-order valence-electron chi connectivity index (χ0n) is 7.68. The van der Waals surface area contributed by atoms with E-state index in [1.54, 1.807) is 24.3 Å². The van der Waals surface area contributed by atoms with Crippen LogP contribution in [-0.4, -0.2) is 11.0 Å². The van der Waals surface area contributed by atoms with Gasteiger partial charge in [0, 0.05) is 0 Å². The number of oxime groups is 1. The van der Waals surface area contributed by atoms with Gasteiger partial charge in [0.1, 0.15) is 17.4 Å². The lowest BCUT2D eigenvalue weighted by Crippen LogP contribution is -2.22. The summed E-state index contributed by atoms with van der Waals surface area (Å²) in [6.45, 7) is 0. The molecule has 2 aromatic rings. The SMILES string of the molecule is N/C(=N\O)c1coc2ccccc2c1=O. The van der Waals surface area contributed by atoms with Crippen molar-refractivity contribution in [1.82, 2.24) is 0 Å². The molecule has 15 heavy (non-hydrogen) atoms. The number of hydrogen-bond donors (Lipinski definition) is 2. The van der Waals surface area contributed by atoms with Crippen molar-refractivity contribution in [3.05, 3.63) is 46.3 Å². The van der Waals surface area contributed by atoms with E-state index >= 15 is 0 Å². The minimum Gasteiger partial charge on any atom is -0.463 e. The number of nitrogens with two attached hydrogens (primary N) is 1. The zero-order valence-corrected chi connectivity index (χ0v) is 7.68. The molecule has 2 rings (SSSR count). The number of amidine groups is 1. The summed E-state index contributed by atoms with van der Waals surface area (Å²) >= 11 is 0. The maximum Gasteiger partial charge on any atom is 0.203 e. The highest BCUT2D eigenvalue weighted by Gasteiger charge is 2.09. The Morgan fingerprint density at radius 2 is 2.13 bits per heavy atom. The lowest BCUT2D eigenvalue weighted by Gasteiger charge is -1.99.